The Morgan fingerprint density at radius 1 is 1.29 bits per heavy atom. The summed E-state index contributed by atoms with van der Waals surface area (Å²) in [6.45, 7) is 6.75. The molecule has 1 N–H and O–H groups in total. The lowest BCUT2D eigenvalue weighted by Crippen LogP contribution is -2.35. The summed E-state index contributed by atoms with van der Waals surface area (Å²) in [4.78, 5) is 0. The summed E-state index contributed by atoms with van der Waals surface area (Å²) in [6, 6.07) is 5.17. The standard InChI is InChI=1S/C14H25NOS/c1-4-17-11-9-13(3)15-12(2)7-8-14-6-5-10-16-14/h5-6,10,12-13,15H,4,7-9,11H2,1-3H3. The topological polar surface area (TPSA) is 25.2 Å². The second kappa shape index (κ2) is 8.65. The van der Waals surface area contributed by atoms with Gasteiger partial charge in [0.15, 0.2) is 0 Å². The van der Waals surface area contributed by atoms with Gasteiger partial charge in [0.25, 0.3) is 0 Å². The summed E-state index contributed by atoms with van der Waals surface area (Å²) in [5.41, 5.74) is 0. The predicted octanol–water partition coefficient (Wildman–Crippen LogP) is 3.72. The Labute approximate surface area is 110 Å². The van der Waals surface area contributed by atoms with Crippen LogP contribution in [0.5, 0.6) is 0 Å². The first kappa shape index (κ1) is 14.7. The van der Waals surface area contributed by atoms with Crippen molar-refractivity contribution in [2.24, 2.45) is 0 Å². The third-order valence-corrected chi connectivity index (χ3v) is 3.80. The van der Waals surface area contributed by atoms with Crippen molar-refractivity contribution in [2.75, 3.05) is 11.5 Å². The number of hydrogen-bond donors (Lipinski definition) is 1. The Balaban J connectivity index is 2.09. The Morgan fingerprint density at radius 2 is 2.06 bits per heavy atom. The lowest BCUT2D eigenvalue weighted by molar-refractivity contribution is 0.420. The van der Waals surface area contributed by atoms with Crippen LogP contribution in [0.1, 0.15) is 39.4 Å². The van der Waals surface area contributed by atoms with Crippen LogP contribution in [0.25, 0.3) is 0 Å². The molecule has 1 aromatic heterocycles. The van der Waals surface area contributed by atoms with Gasteiger partial charge in [0.1, 0.15) is 5.76 Å². The smallest absolute Gasteiger partial charge is 0.103 e. The Kier molecular flexibility index (Phi) is 7.45. The molecule has 1 heterocycles. The Morgan fingerprint density at radius 3 is 2.71 bits per heavy atom. The fourth-order valence-electron chi connectivity index (χ4n) is 1.87. The van der Waals surface area contributed by atoms with E-state index in [0.29, 0.717) is 12.1 Å². The number of aryl methyl sites for hydroxylation is 1. The highest BCUT2D eigenvalue weighted by molar-refractivity contribution is 7.99. The molecule has 0 spiro atoms. The SMILES string of the molecule is CCSCCC(C)NC(C)CCc1ccco1. The van der Waals surface area contributed by atoms with E-state index in [-0.39, 0.29) is 0 Å². The summed E-state index contributed by atoms with van der Waals surface area (Å²) in [6.07, 6.45) is 5.16. The first-order valence-electron chi connectivity index (χ1n) is 6.58. The highest BCUT2D eigenvalue weighted by Gasteiger charge is 2.08. The van der Waals surface area contributed by atoms with Crippen molar-refractivity contribution >= 4 is 11.8 Å². The van der Waals surface area contributed by atoms with E-state index in [1.54, 1.807) is 6.26 Å². The van der Waals surface area contributed by atoms with Crippen LogP contribution in [0.4, 0.5) is 0 Å². The van der Waals surface area contributed by atoms with E-state index in [0.717, 1.165) is 18.6 Å². The van der Waals surface area contributed by atoms with Crippen molar-refractivity contribution in [1.29, 1.82) is 0 Å². The fraction of sp³-hybridized carbons (Fsp3) is 0.714. The molecule has 0 aliphatic heterocycles. The monoisotopic (exact) mass is 255 g/mol. The van der Waals surface area contributed by atoms with Crippen LogP contribution in [0.3, 0.4) is 0 Å². The zero-order valence-corrected chi connectivity index (χ0v) is 12.1. The van der Waals surface area contributed by atoms with Gasteiger partial charge in [-0.1, -0.05) is 6.92 Å². The number of furan rings is 1. The van der Waals surface area contributed by atoms with Crippen molar-refractivity contribution in [3.8, 4) is 0 Å². The van der Waals surface area contributed by atoms with Gasteiger partial charge in [-0.3, -0.25) is 0 Å². The highest BCUT2D eigenvalue weighted by Crippen LogP contribution is 2.08. The van der Waals surface area contributed by atoms with Crippen LogP contribution in [0.15, 0.2) is 22.8 Å². The molecule has 0 radical (unpaired) electrons. The van der Waals surface area contributed by atoms with E-state index in [4.69, 9.17) is 4.42 Å². The van der Waals surface area contributed by atoms with Crippen molar-refractivity contribution in [3.63, 3.8) is 0 Å². The molecule has 0 saturated carbocycles. The molecule has 1 aromatic rings. The minimum Gasteiger partial charge on any atom is -0.469 e. The number of nitrogens with one attached hydrogen (secondary N) is 1. The van der Waals surface area contributed by atoms with E-state index in [9.17, 15) is 0 Å². The van der Waals surface area contributed by atoms with Gasteiger partial charge in [0.2, 0.25) is 0 Å². The van der Waals surface area contributed by atoms with Crippen LogP contribution >= 0.6 is 11.8 Å². The summed E-state index contributed by atoms with van der Waals surface area (Å²) >= 11 is 2.02. The molecule has 0 aromatic carbocycles. The van der Waals surface area contributed by atoms with Gasteiger partial charge in [-0.05, 0) is 50.3 Å². The molecule has 2 unspecified atom stereocenters. The third-order valence-electron chi connectivity index (χ3n) is 2.87. The van der Waals surface area contributed by atoms with Gasteiger partial charge in [0.05, 0.1) is 6.26 Å². The van der Waals surface area contributed by atoms with E-state index in [1.165, 1.54) is 17.9 Å². The Hall–Kier alpha value is -0.410. The number of thioether (sulfide) groups is 1. The van der Waals surface area contributed by atoms with Gasteiger partial charge < -0.3 is 9.73 Å². The van der Waals surface area contributed by atoms with Crippen LogP contribution in [-0.4, -0.2) is 23.6 Å². The lowest BCUT2D eigenvalue weighted by Gasteiger charge is -2.19. The van der Waals surface area contributed by atoms with Crippen molar-refractivity contribution < 1.29 is 4.42 Å². The van der Waals surface area contributed by atoms with Crippen LogP contribution in [0.2, 0.25) is 0 Å². The zero-order chi connectivity index (χ0) is 12.5. The maximum Gasteiger partial charge on any atom is 0.103 e. The Bertz CT molecular complexity index is 274. The second-order valence-electron chi connectivity index (χ2n) is 4.57. The molecular weight excluding hydrogens is 230 g/mol. The summed E-state index contributed by atoms with van der Waals surface area (Å²) in [7, 11) is 0. The van der Waals surface area contributed by atoms with E-state index < -0.39 is 0 Å². The normalized spacial score (nSPS) is 14.8. The third kappa shape index (κ3) is 6.79. The van der Waals surface area contributed by atoms with Gasteiger partial charge in [-0.25, -0.2) is 0 Å². The van der Waals surface area contributed by atoms with Crippen LogP contribution in [0, 0.1) is 0 Å². The van der Waals surface area contributed by atoms with Gasteiger partial charge in [-0.15, -0.1) is 0 Å². The fourth-order valence-corrected chi connectivity index (χ4v) is 2.68. The molecule has 0 amide bonds. The lowest BCUT2D eigenvalue weighted by atomic mass is 10.1. The summed E-state index contributed by atoms with van der Waals surface area (Å²) in [5, 5.41) is 3.65. The molecule has 2 nitrogen and oxygen atoms in total. The predicted molar refractivity (Wildman–Crippen MR) is 76.7 cm³/mol. The molecule has 0 fully saturated rings. The van der Waals surface area contributed by atoms with Crippen LogP contribution < -0.4 is 5.32 Å². The quantitative estimate of drug-likeness (QED) is 0.681. The molecule has 0 saturated heterocycles. The van der Waals surface area contributed by atoms with Gasteiger partial charge in [0, 0.05) is 18.5 Å². The van der Waals surface area contributed by atoms with E-state index in [1.807, 2.05) is 23.9 Å². The van der Waals surface area contributed by atoms with Gasteiger partial charge >= 0.3 is 0 Å². The maximum absolute atomic E-state index is 5.34. The summed E-state index contributed by atoms with van der Waals surface area (Å²) in [5.74, 6) is 3.57. The van der Waals surface area contributed by atoms with Crippen molar-refractivity contribution in [2.45, 2.75) is 52.1 Å². The molecule has 17 heavy (non-hydrogen) atoms. The minimum absolute atomic E-state index is 0.557. The maximum atomic E-state index is 5.34. The molecule has 2 atom stereocenters. The minimum atomic E-state index is 0.557. The number of rotatable bonds is 9. The van der Waals surface area contributed by atoms with Gasteiger partial charge in [-0.2, -0.15) is 11.8 Å². The van der Waals surface area contributed by atoms with Crippen molar-refractivity contribution in [3.05, 3.63) is 24.2 Å². The first-order chi connectivity index (χ1) is 8.22. The highest BCUT2D eigenvalue weighted by atomic mass is 32.2. The molecule has 0 bridgehead atoms. The molecule has 3 heteroatoms. The molecule has 0 aliphatic carbocycles. The van der Waals surface area contributed by atoms with E-state index >= 15 is 0 Å². The second-order valence-corrected chi connectivity index (χ2v) is 5.97. The van der Waals surface area contributed by atoms with Crippen LogP contribution in [-0.2, 0) is 6.42 Å². The molecule has 1 rings (SSSR count). The van der Waals surface area contributed by atoms with E-state index in [2.05, 4.69) is 26.1 Å². The molecular formula is C14H25NOS. The molecule has 0 aliphatic rings. The first-order valence-corrected chi connectivity index (χ1v) is 7.74. The summed E-state index contributed by atoms with van der Waals surface area (Å²) < 4.78 is 5.34. The molecule has 98 valence electrons. The van der Waals surface area contributed by atoms with Crippen molar-refractivity contribution in [1.82, 2.24) is 5.32 Å². The average molecular weight is 255 g/mol. The average Bonchev–Trinajstić information content (AvgIpc) is 2.79. The zero-order valence-electron chi connectivity index (χ0n) is 11.2. The number of hydrogen-bond acceptors (Lipinski definition) is 3. The largest absolute Gasteiger partial charge is 0.469 e.